The monoisotopic (exact) mass is 426 g/mol. The molecule has 7 nitrogen and oxygen atoms in total. The fourth-order valence-electron chi connectivity index (χ4n) is 3.14. The number of aryl methyl sites for hydroxylation is 4. The Morgan fingerprint density at radius 1 is 1.10 bits per heavy atom. The summed E-state index contributed by atoms with van der Waals surface area (Å²) in [5, 5.41) is 0.889. The first-order valence-corrected chi connectivity index (χ1v) is 10.6. The van der Waals surface area contributed by atoms with Crippen molar-refractivity contribution in [2.45, 2.75) is 54.1 Å². The molecule has 8 heteroatoms. The number of fused-ring (bicyclic) bond motifs is 1. The summed E-state index contributed by atoms with van der Waals surface area (Å²) in [4.78, 5) is 35.4. The maximum absolute atomic E-state index is 12.7. The standard InChI is InChI=1S/C22H26N4O3S/c1-7-17-23-14(5)18-13(4)19(30-22(18)24-17)21(28)26-25-20(27)15(6)29-16-10-8-9-11(2)12(16)3/h8-10,15H,7H2,1-6H3,(H,25,27)(H,26,28). The fourth-order valence-corrected chi connectivity index (χ4v) is 4.29. The van der Waals surface area contributed by atoms with Crippen LogP contribution in [0.25, 0.3) is 10.2 Å². The lowest BCUT2D eigenvalue weighted by Gasteiger charge is -2.17. The molecule has 0 aliphatic rings. The summed E-state index contributed by atoms with van der Waals surface area (Å²) in [7, 11) is 0. The van der Waals surface area contributed by atoms with Gasteiger partial charge < -0.3 is 4.74 Å². The lowest BCUT2D eigenvalue weighted by molar-refractivity contribution is -0.128. The molecule has 0 aliphatic carbocycles. The number of hydrogen-bond acceptors (Lipinski definition) is 6. The average Bonchev–Trinajstić information content (AvgIpc) is 3.06. The second-order valence-corrected chi connectivity index (χ2v) is 8.22. The number of carbonyl (C=O) groups is 2. The molecule has 1 unspecified atom stereocenters. The van der Waals surface area contributed by atoms with Crippen molar-refractivity contribution in [2.75, 3.05) is 0 Å². The van der Waals surface area contributed by atoms with E-state index in [1.165, 1.54) is 11.3 Å². The number of carbonyl (C=O) groups excluding carboxylic acids is 2. The average molecular weight is 427 g/mol. The Morgan fingerprint density at radius 2 is 1.83 bits per heavy atom. The van der Waals surface area contributed by atoms with Gasteiger partial charge in [-0.25, -0.2) is 9.97 Å². The van der Waals surface area contributed by atoms with E-state index in [0.717, 1.165) is 44.8 Å². The van der Waals surface area contributed by atoms with Crippen molar-refractivity contribution in [1.29, 1.82) is 0 Å². The van der Waals surface area contributed by atoms with Gasteiger partial charge in [0.2, 0.25) is 0 Å². The van der Waals surface area contributed by atoms with Crippen molar-refractivity contribution in [1.82, 2.24) is 20.8 Å². The third-order valence-electron chi connectivity index (χ3n) is 5.07. The number of nitrogens with zero attached hydrogens (tertiary/aromatic N) is 2. The van der Waals surface area contributed by atoms with E-state index in [-0.39, 0.29) is 5.91 Å². The van der Waals surface area contributed by atoms with Gasteiger partial charge in [0, 0.05) is 17.5 Å². The van der Waals surface area contributed by atoms with Crippen LogP contribution in [0.5, 0.6) is 5.75 Å². The van der Waals surface area contributed by atoms with Crippen molar-refractivity contribution in [3.8, 4) is 5.75 Å². The van der Waals surface area contributed by atoms with Gasteiger partial charge in [0.25, 0.3) is 11.8 Å². The molecular weight excluding hydrogens is 400 g/mol. The number of aromatic nitrogens is 2. The maximum atomic E-state index is 12.7. The summed E-state index contributed by atoms with van der Waals surface area (Å²) in [6.07, 6.45) is -0.0431. The highest BCUT2D eigenvalue weighted by Crippen LogP contribution is 2.31. The first-order valence-electron chi connectivity index (χ1n) is 9.82. The molecule has 0 spiro atoms. The topological polar surface area (TPSA) is 93.2 Å². The van der Waals surface area contributed by atoms with Gasteiger partial charge in [-0.05, 0) is 57.4 Å². The van der Waals surface area contributed by atoms with Gasteiger partial charge in [-0.15, -0.1) is 11.3 Å². The van der Waals surface area contributed by atoms with Crippen LogP contribution in [-0.4, -0.2) is 27.9 Å². The predicted molar refractivity (Wildman–Crippen MR) is 118 cm³/mol. The molecule has 2 aromatic heterocycles. The van der Waals surface area contributed by atoms with E-state index in [2.05, 4.69) is 20.8 Å². The molecular formula is C22H26N4O3S. The SMILES string of the molecule is CCc1nc(C)c2c(C)c(C(=O)NNC(=O)C(C)Oc3cccc(C)c3C)sc2n1. The summed E-state index contributed by atoms with van der Waals surface area (Å²) in [6.45, 7) is 11.3. The zero-order valence-electron chi connectivity index (χ0n) is 18.0. The van der Waals surface area contributed by atoms with Crippen LogP contribution in [0.3, 0.4) is 0 Å². The Kier molecular flexibility index (Phi) is 6.36. The smallest absolute Gasteiger partial charge is 0.280 e. The molecule has 0 radical (unpaired) electrons. The van der Waals surface area contributed by atoms with Crippen LogP contribution in [0.1, 0.15) is 51.7 Å². The van der Waals surface area contributed by atoms with Crippen molar-refractivity contribution < 1.29 is 14.3 Å². The van der Waals surface area contributed by atoms with Gasteiger partial charge >= 0.3 is 0 Å². The lowest BCUT2D eigenvalue weighted by Crippen LogP contribution is -2.47. The number of hydrogen-bond donors (Lipinski definition) is 2. The van der Waals surface area contributed by atoms with Gasteiger partial charge in [-0.2, -0.15) is 0 Å². The van der Waals surface area contributed by atoms with Gasteiger partial charge in [0.15, 0.2) is 6.10 Å². The van der Waals surface area contributed by atoms with Crippen molar-refractivity contribution >= 4 is 33.4 Å². The lowest BCUT2D eigenvalue weighted by atomic mass is 10.1. The number of benzene rings is 1. The van der Waals surface area contributed by atoms with Crippen LogP contribution in [0.2, 0.25) is 0 Å². The largest absolute Gasteiger partial charge is 0.481 e. The third-order valence-corrected chi connectivity index (χ3v) is 6.25. The zero-order valence-corrected chi connectivity index (χ0v) is 18.9. The molecule has 1 aromatic carbocycles. The predicted octanol–water partition coefficient (Wildman–Crippen LogP) is 3.72. The summed E-state index contributed by atoms with van der Waals surface area (Å²) >= 11 is 1.30. The van der Waals surface area contributed by atoms with Crippen LogP contribution in [0, 0.1) is 27.7 Å². The molecule has 2 amide bonds. The van der Waals surface area contributed by atoms with E-state index in [1.807, 2.05) is 52.8 Å². The van der Waals surface area contributed by atoms with Gasteiger partial charge in [-0.1, -0.05) is 19.1 Å². The highest BCUT2D eigenvalue weighted by molar-refractivity contribution is 7.20. The minimum absolute atomic E-state index is 0.389. The number of ether oxygens (including phenoxy) is 1. The Bertz CT molecular complexity index is 1120. The van der Waals surface area contributed by atoms with E-state index in [0.29, 0.717) is 10.6 Å². The van der Waals surface area contributed by atoms with E-state index >= 15 is 0 Å². The molecule has 158 valence electrons. The molecule has 0 saturated heterocycles. The highest BCUT2D eigenvalue weighted by atomic mass is 32.1. The molecule has 0 fully saturated rings. The summed E-state index contributed by atoms with van der Waals surface area (Å²) in [5.74, 6) is 0.566. The Hall–Kier alpha value is -3.00. The Labute approximate surface area is 179 Å². The second kappa shape index (κ2) is 8.79. The molecule has 30 heavy (non-hydrogen) atoms. The van der Waals surface area contributed by atoms with Crippen LogP contribution in [0.15, 0.2) is 18.2 Å². The third kappa shape index (κ3) is 4.28. The Balaban J connectivity index is 1.69. The van der Waals surface area contributed by atoms with Gasteiger partial charge in [0.05, 0.1) is 4.88 Å². The molecule has 2 N–H and O–H groups in total. The molecule has 1 atom stereocenters. The van der Waals surface area contributed by atoms with Crippen LogP contribution in [0.4, 0.5) is 0 Å². The van der Waals surface area contributed by atoms with E-state index in [4.69, 9.17) is 4.74 Å². The number of amides is 2. The van der Waals surface area contributed by atoms with Gasteiger partial charge in [-0.3, -0.25) is 20.4 Å². The van der Waals surface area contributed by atoms with E-state index in [1.54, 1.807) is 6.92 Å². The zero-order chi connectivity index (χ0) is 22.0. The highest BCUT2D eigenvalue weighted by Gasteiger charge is 2.21. The van der Waals surface area contributed by atoms with E-state index < -0.39 is 12.0 Å². The van der Waals surface area contributed by atoms with Crippen LogP contribution < -0.4 is 15.6 Å². The quantitative estimate of drug-likeness (QED) is 0.607. The van der Waals surface area contributed by atoms with Crippen molar-refractivity contribution in [3.63, 3.8) is 0 Å². The maximum Gasteiger partial charge on any atom is 0.280 e. The fraction of sp³-hybridized carbons (Fsp3) is 0.364. The van der Waals surface area contributed by atoms with E-state index in [9.17, 15) is 9.59 Å². The normalized spacial score (nSPS) is 11.9. The Morgan fingerprint density at radius 3 is 2.53 bits per heavy atom. The van der Waals surface area contributed by atoms with Crippen molar-refractivity contribution in [3.05, 3.63) is 51.3 Å². The first-order chi connectivity index (χ1) is 14.2. The molecule has 2 heterocycles. The number of nitrogens with one attached hydrogen (secondary N) is 2. The first kappa shape index (κ1) is 21.7. The summed E-state index contributed by atoms with van der Waals surface area (Å²) in [5.41, 5.74) is 8.65. The molecule has 0 bridgehead atoms. The van der Waals surface area contributed by atoms with Gasteiger partial charge in [0.1, 0.15) is 16.4 Å². The molecule has 0 saturated carbocycles. The number of rotatable bonds is 5. The summed E-state index contributed by atoms with van der Waals surface area (Å²) < 4.78 is 5.76. The van der Waals surface area contributed by atoms with Crippen LogP contribution >= 0.6 is 11.3 Å². The second-order valence-electron chi connectivity index (χ2n) is 7.22. The summed E-state index contributed by atoms with van der Waals surface area (Å²) in [6, 6.07) is 5.68. The minimum atomic E-state index is -0.769. The number of hydrazine groups is 1. The minimum Gasteiger partial charge on any atom is -0.481 e. The number of thiophene rings is 1. The molecule has 3 rings (SSSR count). The molecule has 0 aliphatic heterocycles. The van der Waals surface area contributed by atoms with Crippen LogP contribution in [-0.2, 0) is 11.2 Å². The van der Waals surface area contributed by atoms with Crippen molar-refractivity contribution in [2.24, 2.45) is 0 Å². The molecule has 3 aromatic rings.